The second kappa shape index (κ2) is 4.45. The Labute approximate surface area is 98.0 Å². The van der Waals surface area contributed by atoms with E-state index in [1.54, 1.807) is 13.0 Å². The molecular weight excluding hydrogens is 224 g/mol. The highest BCUT2D eigenvalue weighted by Crippen LogP contribution is 2.21. The number of hydrogen-bond donors (Lipinski definition) is 1. The molecule has 1 aliphatic rings. The van der Waals surface area contributed by atoms with Gasteiger partial charge in [-0.2, -0.15) is 0 Å². The van der Waals surface area contributed by atoms with Crippen LogP contribution in [0.5, 0.6) is 5.75 Å². The van der Waals surface area contributed by atoms with E-state index >= 15 is 0 Å². The maximum absolute atomic E-state index is 11.7. The molecular formula is C12H12O5. The Balaban J connectivity index is 2.11. The molecule has 2 rings (SSSR count). The standard InChI is InChI=1S/C12H12O5/c1-7-2-3-8(9(13)6-7)11(14)17-10-4-5-16-12(10)15/h2-3,6,10,13H,4-5H2,1H3/t10-/m1/s1. The van der Waals surface area contributed by atoms with E-state index < -0.39 is 18.0 Å². The molecule has 0 amide bonds. The smallest absolute Gasteiger partial charge is 0.347 e. The topological polar surface area (TPSA) is 72.8 Å². The van der Waals surface area contributed by atoms with Crippen LogP contribution in [-0.2, 0) is 14.3 Å². The molecule has 0 spiro atoms. The number of carbonyl (C=O) groups is 2. The summed E-state index contributed by atoms with van der Waals surface area (Å²) in [5.41, 5.74) is 0.884. The predicted octanol–water partition coefficient (Wildman–Crippen LogP) is 1.17. The van der Waals surface area contributed by atoms with Crippen molar-refractivity contribution in [3.63, 3.8) is 0 Å². The fourth-order valence-corrected chi connectivity index (χ4v) is 1.59. The van der Waals surface area contributed by atoms with E-state index in [0.717, 1.165) is 5.56 Å². The number of aryl methyl sites for hydroxylation is 1. The number of benzene rings is 1. The lowest BCUT2D eigenvalue weighted by molar-refractivity contribution is -0.145. The summed E-state index contributed by atoms with van der Waals surface area (Å²) in [5, 5.41) is 9.58. The van der Waals surface area contributed by atoms with Gasteiger partial charge in [-0.1, -0.05) is 6.07 Å². The molecule has 5 nitrogen and oxygen atoms in total. The van der Waals surface area contributed by atoms with Crippen molar-refractivity contribution in [2.24, 2.45) is 0 Å². The SMILES string of the molecule is Cc1ccc(C(=O)O[C@@H]2CCOC2=O)c(O)c1. The number of ether oxygens (including phenoxy) is 2. The number of aromatic hydroxyl groups is 1. The quantitative estimate of drug-likeness (QED) is 0.780. The van der Waals surface area contributed by atoms with Crippen molar-refractivity contribution in [2.75, 3.05) is 6.61 Å². The minimum Gasteiger partial charge on any atom is -0.507 e. The first-order valence-corrected chi connectivity index (χ1v) is 5.25. The van der Waals surface area contributed by atoms with Crippen molar-refractivity contribution in [3.05, 3.63) is 29.3 Å². The number of carbonyl (C=O) groups excluding carboxylic acids is 2. The maximum Gasteiger partial charge on any atom is 0.347 e. The van der Waals surface area contributed by atoms with Crippen LogP contribution >= 0.6 is 0 Å². The Morgan fingerprint density at radius 1 is 1.53 bits per heavy atom. The van der Waals surface area contributed by atoms with Crippen LogP contribution in [0.15, 0.2) is 18.2 Å². The molecule has 0 saturated carbocycles. The third kappa shape index (κ3) is 2.38. The highest BCUT2D eigenvalue weighted by Gasteiger charge is 2.31. The zero-order chi connectivity index (χ0) is 12.4. The molecule has 0 aliphatic carbocycles. The molecule has 1 heterocycles. The molecule has 5 heteroatoms. The van der Waals surface area contributed by atoms with Gasteiger partial charge in [0.2, 0.25) is 6.10 Å². The lowest BCUT2D eigenvalue weighted by Gasteiger charge is -2.09. The summed E-state index contributed by atoms with van der Waals surface area (Å²) in [5.74, 6) is -1.40. The Kier molecular flexibility index (Phi) is 2.99. The Bertz CT molecular complexity index is 466. The monoisotopic (exact) mass is 236 g/mol. The molecule has 1 atom stereocenters. The summed E-state index contributed by atoms with van der Waals surface area (Å²) >= 11 is 0. The van der Waals surface area contributed by atoms with Crippen LogP contribution in [0.4, 0.5) is 0 Å². The fraction of sp³-hybridized carbons (Fsp3) is 0.333. The van der Waals surface area contributed by atoms with Gasteiger partial charge in [-0.3, -0.25) is 0 Å². The first-order chi connectivity index (χ1) is 8.08. The maximum atomic E-state index is 11.7. The van der Waals surface area contributed by atoms with Crippen LogP contribution in [0.3, 0.4) is 0 Å². The average molecular weight is 236 g/mol. The molecule has 1 N–H and O–H groups in total. The van der Waals surface area contributed by atoms with Gasteiger partial charge in [-0.05, 0) is 24.6 Å². The summed E-state index contributed by atoms with van der Waals surface area (Å²) in [6.07, 6.45) is -0.500. The zero-order valence-electron chi connectivity index (χ0n) is 9.30. The van der Waals surface area contributed by atoms with Crippen LogP contribution in [0.1, 0.15) is 22.3 Å². The molecule has 1 fully saturated rings. The van der Waals surface area contributed by atoms with Crippen molar-refractivity contribution in [3.8, 4) is 5.75 Å². The second-order valence-electron chi connectivity index (χ2n) is 3.87. The van der Waals surface area contributed by atoms with E-state index in [4.69, 9.17) is 4.74 Å². The molecule has 1 aromatic rings. The summed E-state index contributed by atoms with van der Waals surface area (Å²) in [6, 6.07) is 4.61. The average Bonchev–Trinajstić information content (AvgIpc) is 2.64. The van der Waals surface area contributed by atoms with E-state index in [-0.39, 0.29) is 17.9 Å². The Hall–Kier alpha value is -2.04. The molecule has 17 heavy (non-hydrogen) atoms. The molecule has 0 aromatic heterocycles. The van der Waals surface area contributed by atoms with Crippen LogP contribution in [0.2, 0.25) is 0 Å². The van der Waals surface area contributed by atoms with E-state index in [2.05, 4.69) is 4.74 Å². The number of esters is 2. The summed E-state index contributed by atoms with van der Waals surface area (Å²) in [6.45, 7) is 2.06. The highest BCUT2D eigenvalue weighted by atomic mass is 16.6. The summed E-state index contributed by atoms with van der Waals surface area (Å²) in [4.78, 5) is 22.8. The van der Waals surface area contributed by atoms with Gasteiger partial charge >= 0.3 is 11.9 Å². The fourth-order valence-electron chi connectivity index (χ4n) is 1.59. The second-order valence-corrected chi connectivity index (χ2v) is 3.87. The summed E-state index contributed by atoms with van der Waals surface area (Å²) < 4.78 is 9.63. The molecule has 1 saturated heterocycles. The van der Waals surface area contributed by atoms with Crippen LogP contribution in [0, 0.1) is 6.92 Å². The molecule has 0 bridgehead atoms. The van der Waals surface area contributed by atoms with Gasteiger partial charge < -0.3 is 14.6 Å². The van der Waals surface area contributed by atoms with Crippen molar-refractivity contribution < 1.29 is 24.2 Å². The van der Waals surface area contributed by atoms with Gasteiger partial charge in [-0.15, -0.1) is 0 Å². The number of phenolic OH excluding ortho intramolecular Hbond substituents is 1. The van der Waals surface area contributed by atoms with Gasteiger partial charge in [0.1, 0.15) is 11.3 Å². The largest absolute Gasteiger partial charge is 0.507 e. The Morgan fingerprint density at radius 3 is 2.88 bits per heavy atom. The number of phenols is 1. The van der Waals surface area contributed by atoms with Gasteiger partial charge in [0.15, 0.2) is 0 Å². The predicted molar refractivity (Wildman–Crippen MR) is 57.6 cm³/mol. The van der Waals surface area contributed by atoms with Gasteiger partial charge in [0.25, 0.3) is 0 Å². The lowest BCUT2D eigenvalue weighted by Crippen LogP contribution is -2.22. The van der Waals surface area contributed by atoms with Gasteiger partial charge in [-0.25, -0.2) is 9.59 Å². The zero-order valence-corrected chi connectivity index (χ0v) is 9.30. The first kappa shape index (κ1) is 11.4. The van der Waals surface area contributed by atoms with E-state index in [9.17, 15) is 14.7 Å². The minimum atomic E-state index is -0.858. The number of rotatable bonds is 2. The Morgan fingerprint density at radius 2 is 2.29 bits per heavy atom. The highest BCUT2D eigenvalue weighted by molar-refractivity contribution is 5.94. The molecule has 1 aromatic carbocycles. The molecule has 1 aliphatic heterocycles. The minimum absolute atomic E-state index is 0.0512. The third-order valence-electron chi connectivity index (χ3n) is 2.51. The number of hydrogen-bond acceptors (Lipinski definition) is 5. The van der Waals surface area contributed by atoms with Crippen molar-refractivity contribution in [1.82, 2.24) is 0 Å². The van der Waals surface area contributed by atoms with Gasteiger partial charge in [0.05, 0.1) is 6.61 Å². The third-order valence-corrected chi connectivity index (χ3v) is 2.51. The lowest BCUT2D eigenvalue weighted by atomic mass is 10.1. The van der Waals surface area contributed by atoms with E-state index in [1.165, 1.54) is 12.1 Å². The van der Waals surface area contributed by atoms with Crippen LogP contribution in [-0.4, -0.2) is 29.8 Å². The van der Waals surface area contributed by atoms with E-state index in [1.807, 2.05) is 0 Å². The first-order valence-electron chi connectivity index (χ1n) is 5.25. The normalized spacial score (nSPS) is 18.9. The summed E-state index contributed by atoms with van der Waals surface area (Å²) in [7, 11) is 0. The molecule has 0 unspecified atom stereocenters. The van der Waals surface area contributed by atoms with Crippen LogP contribution < -0.4 is 0 Å². The van der Waals surface area contributed by atoms with E-state index in [0.29, 0.717) is 6.42 Å². The van der Waals surface area contributed by atoms with Gasteiger partial charge in [0, 0.05) is 6.42 Å². The number of cyclic esters (lactones) is 1. The van der Waals surface area contributed by atoms with Crippen LogP contribution in [0.25, 0.3) is 0 Å². The van der Waals surface area contributed by atoms with Crippen molar-refractivity contribution >= 4 is 11.9 Å². The van der Waals surface area contributed by atoms with Crippen molar-refractivity contribution in [2.45, 2.75) is 19.4 Å². The van der Waals surface area contributed by atoms with Crippen molar-refractivity contribution in [1.29, 1.82) is 0 Å². The molecule has 0 radical (unpaired) electrons. The molecule has 90 valence electrons.